The first-order valence-electron chi connectivity index (χ1n) is 6.23. The summed E-state index contributed by atoms with van der Waals surface area (Å²) in [5, 5.41) is 38.9. The highest BCUT2D eigenvalue weighted by Gasteiger charge is 2.54. The fourth-order valence-electron chi connectivity index (χ4n) is 2.44. The molecule has 0 unspecified atom stereocenters. The molecule has 2 aromatic heterocycles. The Labute approximate surface area is 118 Å². The molecular weight excluding hydrogens is 282 g/mol. The van der Waals surface area contributed by atoms with Gasteiger partial charge in [-0.05, 0) is 0 Å². The van der Waals surface area contributed by atoms with Crippen LogP contribution in [0.25, 0.3) is 11.2 Å². The van der Waals surface area contributed by atoms with Gasteiger partial charge in [-0.25, -0.2) is 15.0 Å². The van der Waals surface area contributed by atoms with Crippen molar-refractivity contribution in [2.75, 3.05) is 18.9 Å². The van der Waals surface area contributed by atoms with E-state index in [4.69, 9.17) is 10.5 Å². The number of aromatic nitrogens is 4. The highest BCUT2D eigenvalue weighted by Crippen LogP contribution is 2.38. The van der Waals surface area contributed by atoms with Crippen molar-refractivity contribution in [3.8, 4) is 0 Å². The Hall–Kier alpha value is -1.85. The Morgan fingerprint density at radius 2 is 1.95 bits per heavy atom. The number of rotatable bonds is 3. The standard InChI is InChI=1S/C11H15N5O5/c12-8-5-9(14-3-13-8)16(4-15-5)10-6(19)7(20)11(1-17,2-18)21-10/h3-4,6-7,10,17-20H,1-2H2,(H2,12,13,14)/t6-,7-,10-/m0/s1. The zero-order valence-corrected chi connectivity index (χ0v) is 10.9. The fraction of sp³-hybridized carbons (Fsp3) is 0.545. The predicted molar refractivity (Wildman–Crippen MR) is 68.8 cm³/mol. The van der Waals surface area contributed by atoms with Crippen molar-refractivity contribution >= 4 is 17.0 Å². The number of nitrogen functional groups attached to an aromatic ring is 1. The van der Waals surface area contributed by atoms with E-state index in [1.165, 1.54) is 17.2 Å². The zero-order chi connectivity index (χ0) is 15.2. The molecule has 0 aliphatic carbocycles. The lowest BCUT2D eigenvalue weighted by molar-refractivity contribution is -0.149. The van der Waals surface area contributed by atoms with Gasteiger partial charge in [0.15, 0.2) is 17.7 Å². The SMILES string of the molecule is Nc1ncnc2c1ncn2[C@H]1OC(CO)(CO)[C@@H](O)[C@@H]1O. The molecule has 1 fully saturated rings. The summed E-state index contributed by atoms with van der Waals surface area (Å²) < 4.78 is 6.86. The fourth-order valence-corrected chi connectivity index (χ4v) is 2.44. The van der Waals surface area contributed by atoms with Crippen LogP contribution in [0.3, 0.4) is 0 Å². The van der Waals surface area contributed by atoms with Crippen LogP contribution in [0.1, 0.15) is 6.23 Å². The first-order valence-corrected chi connectivity index (χ1v) is 6.23. The number of imidazole rings is 1. The Bertz CT molecular complexity index is 657. The molecule has 10 heteroatoms. The molecule has 0 saturated carbocycles. The number of nitrogens with two attached hydrogens (primary N) is 1. The third-order valence-corrected chi connectivity index (χ3v) is 3.71. The topological polar surface area (TPSA) is 160 Å². The maximum absolute atomic E-state index is 10.1. The van der Waals surface area contributed by atoms with Gasteiger partial charge in [0.2, 0.25) is 0 Å². The van der Waals surface area contributed by atoms with E-state index < -0.39 is 37.3 Å². The van der Waals surface area contributed by atoms with Gasteiger partial charge in [0, 0.05) is 0 Å². The lowest BCUT2D eigenvalue weighted by Gasteiger charge is -2.27. The average Bonchev–Trinajstić information content (AvgIpc) is 3.02. The van der Waals surface area contributed by atoms with Crippen molar-refractivity contribution in [3.05, 3.63) is 12.7 Å². The average molecular weight is 297 g/mol. The van der Waals surface area contributed by atoms with Crippen molar-refractivity contribution < 1.29 is 25.2 Å². The third kappa shape index (κ3) is 1.88. The summed E-state index contributed by atoms with van der Waals surface area (Å²) in [7, 11) is 0. The molecule has 114 valence electrons. The van der Waals surface area contributed by atoms with E-state index >= 15 is 0 Å². The molecule has 1 aliphatic rings. The second kappa shape index (κ2) is 4.86. The minimum Gasteiger partial charge on any atom is -0.393 e. The maximum atomic E-state index is 10.1. The Morgan fingerprint density at radius 1 is 1.24 bits per heavy atom. The second-order valence-corrected chi connectivity index (χ2v) is 4.91. The normalized spacial score (nSPS) is 28.3. The molecule has 1 saturated heterocycles. The molecule has 0 amide bonds. The van der Waals surface area contributed by atoms with Gasteiger partial charge < -0.3 is 30.9 Å². The summed E-state index contributed by atoms with van der Waals surface area (Å²) >= 11 is 0. The first-order chi connectivity index (χ1) is 10.0. The minimum atomic E-state index is -1.65. The largest absolute Gasteiger partial charge is 0.393 e. The van der Waals surface area contributed by atoms with E-state index in [9.17, 15) is 20.4 Å². The number of hydrogen-bond acceptors (Lipinski definition) is 9. The van der Waals surface area contributed by atoms with E-state index in [2.05, 4.69) is 15.0 Å². The van der Waals surface area contributed by atoms with Crippen LogP contribution >= 0.6 is 0 Å². The number of nitrogens with zero attached hydrogens (tertiary/aromatic N) is 4. The molecule has 10 nitrogen and oxygen atoms in total. The van der Waals surface area contributed by atoms with Crippen LogP contribution in [0, 0.1) is 0 Å². The molecule has 0 aromatic carbocycles. The molecule has 2 aromatic rings. The molecular formula is C11H15N5O5. The third-order valence-electron chi connectivity index (χ3n) is 3.71. The summed E-state index contributed by atoms with van der Waals surface area (Å²) in [6.07, 6.45) is -1.34. The number of aliphatic hydroxyl groups is 4. The summed E-state index contributed by atoms with van der Waals surface area (Å²) in [5.74, 6) is 0.169. The Kier molecular flexibility index (Phi) is 3.26. The van der Waals surface area contributed by atoms with Crippen LogP contribution in [-0.2, 0) is 4.74 Å². The smallest absolute Gasteiger partial charge is 0.167 e. The van der Waals surface area contributed by atoms with Gasteiger partial charge in [-0.15, -0.1) is 0 Å². The van der Waals surface area contributed by atoms with E-state index in [1.807, 2.05) is 0 Å². The number of hydrogen-bond donors (Lipinski definition) is 5. The monoisotopic (exact) mass is 297 g/mol. The first kappa shape index (κ1) is 14.1. The van der Waals surface area contributed by atoms with E-state index in [0.29, 0.717) is 11.2 Å². The van der Waals surface area contributed by atoms with Gasteiger partial charge in [0.1, 0.15) is 29.7 Å². The van der Waals surface area contributed by atoms with Crippen molar-refractivity contribution in [1.82, 2.24) is 19.5 Å². The molecule has 3 rings (SSSR count). The van der Waals surface area contributed by atoms with E-state index in [1.54, 1.807) is 0 Å². The molecule has 6 N–H and O–H groups in total. The minimum absolute atomic E-state index is 0.169. The summed E-state index contributed by atoms with van der Waals surface area (Å²) in [6.45, 7) is -1.30. The Morgan fingerprint density at radius 3 is 2.57 bits per heavy atom. The Balaban J connectivity index is 2.06. The predicted octanol–water partition coefficient (Wildman–Crippen LogP) is -2.62. The lowest BCUT2D eigenvalue weighted by Crippen LogP contribution is -2.49. The molecule has 0 spiro atoms. The van der Waals surface area contributed by atoms with Gasteiger partial charge in [-0.3, -0.25) is 4.57 Å². The van der Waals surface area contributed by atoms with Crippen LogP contribution in [0.5, 0.6) is 0 Å². The highest BCUT2D eigenvalue weighted by atomic mass is 16.6. The summed E-state index contributed by atoms with van der Waals surface area (Å²) in [4.78, 5) is 11.9. The molecule has 3 heterocycles. The van der Waals surface area contributed by atoms with Gasteiger partial charge >= 0.3 is 0 Å². The number of anilines is 1. The van der Waals surface area contributed by atoms with Crippen LogP contribution in [0.2, 0.25) is 0 Å². The summed E-state index contributed by atoms with van der Waals surface area (Å²) in [6, 6.07) is 0. The summed E-state index contributed by atoms with van der Waals surface area (Å²) in [5.41, 5.74) is 4.66. The number of ether oxygens (including phenoxy) is 1. The van der Waals surface area contributed by atoms with Gasteiger partial charge in [0.25, 0.3) is 0 Å². The van der Waals surface area contributed by atoms with Gasteiger partial charge in [-0.2, -0.15) is 0 Å². The molecule has 3 atom stereocenters. The van der Waals surface area contributed by atoms with Gasteiger partial charge in [-0.1, -0.05) is 0 Å². The second-order valence-electron chi connectivity index (χ2n) is 4.91. The molecule has 21 heavy (non-hydrogen) atoms. The van der Waals surface area contributed by atoms with Crippen molar-refractivity contribution in [2.45, 2.75) is 24.0 Å². The van der Waals surface area contributed by atoms with Crippen LogP contribution < -0.4 is 5.73 Å². The van der Waals surface area contributed by atoms with Gasteiger partial charge in [0.05, 0.1) is 19.5 Å². The molecule has 1 aliphatic heterocycles. The van der Waals surface area contributed by atoms with E-state index in [-0.39, 0.29) is 5.82 Å². The van der Waals surface area contributed by atoms with Crippen LogP contribution in [-0.4, -0.2) is 71.0 Å². The van der Waals surface area contributed by atoms with Crippen molar-refractivity contribution in [3.63, 3.8) is 0 Å². The van der Waals surface area contributed by atoms with E-state index in [0.717, 1.165) is 0 Å². The van der Waals surface area contributed by atoms with Crippen LogP contribution in [0.15, 0.2) is 12.7 Å². The zero-order valence-electron chi connectivity index (χ0n) is 10.9. The van der Waals surface area contributed by atoms with Crippen LogP contribution in [0.4, 0.5) is 5.82 Å². The molecule has 0 bridgehead atoms. The number of fused-ring (bicyclic) bond motifs is 1. The molecule has 0 radical (unpaired) electrons. The highest BCUT2D eigenvalue weighted by molar-refractivity contribution is 5.81. The van der Waals surface area contributed by atoms with Crippen molar-refractivity contribution in [1.29, 1.82) is 0 Å². The number of aliphatic hydroxyl groups excluding tert-OH is 4. The lowest BCUT2D eigenvalue weighted by atomic mass is 9.97. The quantitative estimate of drug-likeness (QED) is 0.408. The van der Waals surface area contributed by atoms with Crippen molar-refractivity contribution in [2.24, 2.45) is 0 Å². The maximum Gasteiger partial charge on any atom is 0.167 e.